The first-order valence-electron chi connectivity index (χ1n) is 6.79. The van der Waals surface area contributed by atoms with Crippen molar-refractivity contribution >= 4 is 5.84 Å². The van der Waals surface area contributed by atoms with Gasteiger partial charge in [0.15, 0.2) is 0 Å². The second-order valence-electron chi connectivity index (χ2n) is 4.60. The van der Waals surface area contributed by atoms with Crippen molar-refractivity contribution in [2.45, 2.75) is 19.3 Å². The zero-order valence-electron chi connectivity index (χ0n) is 11.7. The van der Waals surface area contributed by atoms with Crippen LogP contribution in [0.4, 0.5) is 8.78 Å². The van der Waals surface area contributed by atoms with Crippen LogP contribution < -0.4 is 10.2 Å². The van der Waals surface area contributed by atoms with Crippen molar-refractivity contribution in [2.24, 2.45) is 4.99 Å². The van der Waals surface area contributed by atoms with Gasteiger partial charge in [0.2, 0.25) is 0 Å². The lowest BCUT2D eigenvalue weighted by Gasteiger charge is -2.13. The van der Waals surface area contributed by atoms with Gasteiger partial charge in [-0.2, -0.15) is 0 Å². The van der Waals surface area contributed by atoms with E-state index in [0.29, 0.717) is 18.9 Å². The van der Waals surface area contributed by atoms with Crippen molar-refractivity contribution in [3.05, 3.63) is 29.3 Å². The van der Waals surface area contributed by atoms with Crippen molar-refractivity contribution in [1.29, 1.82) is 0 Å². The minimum atomic E-state index is -0.629. The van der Waals surface area contributed by atoms with E-state index in [1.807, 2.05) is 0 Å². The Bertz CT molecular complexity index is 500. The second-order valence-corrected chi connectivity index (χ2v) is 4.60. The van der Waals surface area contributed by atoms with Crippen LogP contribution in [0, 0.1) is 11.6 Å². The largest absolute Gasteiger partial charge is 0.494 e. The highest BCUT2D eigenvalue weighted by molar-refractivity contribution is 5.83. The SMILES string of the molecule is CCOc1cc(F)c([C@@H]2CN=C(NOCCO)C2)c(F)c1. The van der Waals surface area contributed by atoms with Crippen molar-refractivity contribution in [3.63, 3.8) is 0 Å². The Labute approximate surface area is 121 Å². The van der Waals surface area contributed by atoms with Crippen LogP contribution in [0.15, 0.2) is 17.1 Å². The predicted molar refractivity (Wildman–Crippen MR) is 73.4 cm³/mol. The minimum Gasteiger partial charge on any atom is -0.494 e. The van der Waals surface area contributed by atoms with Gasteiger partial charge in [-0.05, 0) is 6.92 Å². The molecule has 1 heterocycles. The molecule has 7 heteroatoms. The fraction of sp³-hybridized carbons (Fsp3) is 0.500. The maximum atomic E-state index is 14.1. The molecule has 2 rings (SSSR count). The Kier molecular flexibility index (Phi) is 5.46. The van der Waals surface area contributed by atoms with Gasteiger partial charge in [0.05, 0.1) is 19.8 Å². The average molecular weight is 300 g/mol. The molecule has 116 valence electrons. The van der Waals surface area contributed by atoms with Crippen LogP contribution >= 0.6 is 0 Å². The molecule has 0 saturated heterocycles. The summed E-state index contributed by atoms with van der Waals surface area (Å²) in [5, 5.41) is 8.60. The van der Waals surface area contributed by atoms with E-state index in [1.54, 1.807) is 6.92 Å². The molecule has 0 aromatic heterocycles. The van der Waals surface area contributed by atoms with Crippen molar-refractivity contribution in [3.8, 4) is 5.75 Å². The monoisotopic (exact) mass is 300 g/mol. The van der Waals surface area contributed by atoms with Gasteiger partial charge in [-0.25, -0.2) is 8.78 Å². The summed E-state index contributed by atoms with van der Waals surface area (Å²) >= 11 is 0. The zero-order chi connectivity index (χ0) is 15.2. The molecule has 0 saturated carbocycles. The first kappa shape index (κ1) is 15.7. The van der Waals surface area contributed by atoms with Crippen LogP contribution in [0.1, 0.15) is 24.8 Å². The van der Waals surface area contributed by atoms with E-state index in [2.05, 4.69) is 10.5 Å². The Morgan fingerprint density at radius 1 is 1.38 bits per heavy atom. The summed E-state index contributed by atoms with van der Waals surface area (Å²) < 4.78 is 33.2. The number of benzene rings is 1. The lowest BCUT2D eigenvalue weighted by Crippen LogP contribution is -2.24. The van der Waals surface area contributed by atoms with Gasteiger partial charge < -0.3 is 9.84 Å². The fourth-order valence-corrected chi connectivity index (χ4v) is 2.23. The molecule has 21 heavy (non-hydrogen) atoms. The number of aliphatic hydroxyl groups excluding tert-OH is 1. The molecule has 2 N–H and O–H groups in total. The molecule has 0 aliphatic carbocycles. The third-order valence-electron chi connectivity index (χ3n) is 3.10. The van der Waals surface area contributed by atoms with E-state index >= 15 is 0 Å². The van der Waals surface area contributed by atoms with Gasteiger partial charge in [-0.1, -0.05) is 0 Å². The average Bonchev–Trinajstić information content (AvgIpc) is 2.87. The van der Waals surface area contributed by atoms with Crippen LogP contribution in [0.3, 0.4) is 0 Å². The van der Waals surface area contributed by atoms with Gasteiger partial charge in [-0.3, -0.25) is 15.3 Å². The Balaban J connectivity index is 2.04. The van der Waals surface area contributed by atoms with Gasteiger partial charge in [0.25, 0.3) is 0 Å². The summed E-state index contributed by atoms with van der Waals surface area (Å²) in [6.45, 7) is 2.38. The highest BCUT2D eigenvalue weighted by atomic mass is 19.1. The third-order valence-corrected chi connectivity index (χ3v) is 3.10. The molecule has 0 amide bonds. The number of ether oxygens (including phenoxy) is 1. The number of nitrogens with one attached hydrogen (secondary N) is 1. The van der Waals surface area contributed by atoms with Gasteiger partial charge in [-0.15, -0.1) is 0 Å². The van der Waals surface area contributed by atoms with Gasteiger partial charge in [0, 0.05) is 36.6 Å². The molecule has 0 fully saturated rings. The van der Waals surface area contributed by atoms with Gasteiger partial charge in [0.1, 0.15) is 23.2 Å². The number of halogens is 2. The summed E-state index contributed by atoms with van der Waals surface area (Å²) in [5.41, 5.74) is 2.59. The van der Waals surface area contributed by atoms with Crippen LogP contribution in [-0.4, -0.2) is 37.3 Å². The highest BCUT2D eigenvalue weighted by Crippen LogP contribution is 2.32. The quantitative estimate of drug-likeness (QED) is 0.621. The lowest BCUT2D eigenvalue weighted by molar-refractivity contribution is 0.0525. The molecule has 1 aromatic carbocycles. The molecular weight excluding hydrogens is 282 g/mol. The maximum absolute atomic E-state index is 14.1. The fourth-order valence-electron chi connectivity index (χ4n) is 2.23. The number of aliphatic imine (C=N–C) groups is 1. The molecule has 5 nitrogen and oxygen atoms in total. The van der Waals surface area contributed by atoms with E-state index in [9.17, 15) is 8.78 Å². The molecule has 1 aliphatic heterocycles. The van der Waals surface area contributed by atoms with Crippen LogP contribution in [0.5, 0.6) is 5.75 Å². The summed E-state index contributed by atoms with van der Waals surface area (Å²) in [4.78, 5) is 9.06. The molecule has 1 aromatic rings. The molecule has 0 bridgehead atoms. The molecule has 0 spiro atoms. The number of hydroxylamine groups is 1. The van der Waals surface area contributed by atoms with E-state index < -0.39 is 11.6 Å². The van der Waals surface area contributed by atoms with Crippen LogP contribution in [-0.2, 0) is 4.84 Å². The smallest absolute Gasteiger partial charge is 0.133 e. The second kappa shape index (κ2) is 7.33. The topological polar surface area (TPSA) is 63.1 Å². The summed E-state index contributed by atoms with van der Waals surface area (Å²) in [6.07, 6.45) is 0.354. The maximum Gasteiger partial charge on any atom is 0.133 e. The summed E-state index contributed by atoms with van der Waals surface area (Å²) in [5.74, 6) is -0.936. The van der Waals surface area contributed by atoms with Crippen LogP contribution in [0.25, 0.3) is 0 Å². The molecule has 1 atom stereocenters. The zero-order valence-corrected chi connectivity index (χ0v) is 11.7. The van der Waals surface area contributed by atoms with Crippen molar-refractivity contribution < 1.29 is 23.5 Å². The number of nitrogens with zero attached hydrogens (tertiary/aromatic N) is 1. The van der Waals surface area contributed by atoms with E-state index in [0.717, 1.165) is 0 Å². The first-order valence-corrected chi connectivity index (χ1v) is 6.79. The summed E-state index contributed by atoms with van der Waals surface area (Å²) in [7, 11) is 0. The lowest BCUT2D eigenvalue weighted by atomic mass is 9.96. The summed E-state index contributed by atoms with van der Waals surface area (Å²) in [6, 6.07) is 2.38. The molecule has 1 aliphatic rings. The van der Waals surface area contributed by atoms with Crippen molar-refractivity contribution in [2.75, 3.05) is 26.4 Å². The highest BCUT2D eigenvalue weighted by Gasteiger charge is 2.27. The van der Waals surface area contributed by atoms with E-state index in [-0.39, 0.29) is 37.0 Å². The number of amidine groups is 1. The standard InChI is InChI=1S/C14H18F2N2O3/c1-2-20-10-6-11(15)14(12(16)7-10)9-5-13(17-8-9)18-21-4-3-19/h6-7,9,19H,2-5,8H2,1H3,(H,17,18)/t9-/m0/s1. The predicted octanol–water partition coefficient (Wildman–Crippen LogP) is 1.76. The Morgan fingerprint density at radius 2 is 2.10 bits per heavy atom. The van der Waals surface area contributed by atoms with Crippen molar-refractivity contribution in [1.82, 2.24) is 5.48 Å². The van der Waals surface area contributed by atoms with E-state index in [4.69, 9.17) is 14.7 Å². The third kappa shape index (κ3) is 3.89. The Hall–Kier alpha value is -1.73. The molecule has 0 unspecified atom stereocenters. The molecular formula is C14H18F2N2O3. The minimum absolute atomic E-state index is 0.0150. The first-order chi connectivity index (χ1) is 10.2. The molecule has 0 radical (unpaired) electrons. The number of hydrogen-bond acceptors (Lipinski definition) is 5. The number of rotatable bonds is 6. The number of hydrogen-bond donors (Lipinski definition) is 2. The Morgan fingerprint density at radius 3 is 2.71 bits per heavy atom. The van der Waals surface area contributed by atoms with Crippen LogP contribution in [0.2, 0.25) is 0 Å². The normalized spacial score (nSPS) is 17.7. The number of aliphatic hydroxyl groups is 1. The van der Waals surface area contributed by atoms with Gasteiger partial charge >= 0.3 is 0 Å². The van der Waals surface area contributed by atoms with E-state index in [1.165, 1.54) is 12.1 Å².